The van der Waals surface area contributed by atoms with Gasteiger partial charge in [-0.05, 0) is 36.4 Å². The highest BCUT2D eigenvalue weighted by Crippen LogP contribution is 2.37. The predicted octanol–water partition coefficient (Wildman–Crippen LogP) is 5.46. The second-order valence-corrected chi connectivity index (χ2v) is 11.8. The quantitative estimate of drug-likeness (QED) is 0.346. The van der Waals surface area contributed by atoms with Crippen LogP contribution in [0.2, 0.25) is 15.1 Å². The summed E-state index contributed by atoms with van der Waals surface area (Å²) in [7, 11) is -8.57. The number of benzene rings is 2. The summed E-state index contributed by atoms with van der Waals surface area (Å²) in [6.07, 6.45) is -3.09. The van der Waals surface area contributed by atoms with E-state index in [2.05, 4.69) is 9.71 Å². The SMILES string of the molecule is CS(=O)(=O)Nc1cccc(Cl)c1C(=O)c1ncc(Cl)cc1NS(=O)(=O)c1ccc(Cl)c(C(F)(F)F)c1. The highest BCUT2D eigenvalue weighted by atomic mass is 35.5. The average molecular weight is 603 g/mol. The number of aromatic nitrogens is 1. The van der Waals surface area contributed by atoms with Gasteiger partial charge in [0.25, 0.3) is 10.0 Å². The lowest BCUT2D eigenvalue weighted by Gasteiger charge is -2.16. The van der Waals surface area contributed by atoms with Crippen molar-refractivity contribution in [1.29, 1.82) is 0 Å². The molecule has 0 aliphatic rings. The highest BCUT2D eigenvalue weighted by molar-refractivity contribution is 7.92. The number of anilines is 2. The van der Waals surface area contributed by atoms with Gasteiger partial charge in [0.15, 0.2) is 0 Å². The van der Waals surface area contributed by atoms with Gasteiger partial charge in [-0.15, -0.1) is 0 Å². The Morgan fingerprint density at radius 1 is 0.917 bits per heavy atom. The number of carbonyl (C=O) groups is 1. The van der Waals surface area contributed by atoms with Crippen LogP contribution in [0.25, 0.3) is 0 Å². The van der Waals surface area contributed by atoms with Crippen molar-refractivity contribution >= 4 is 72.0 Å². The van der Waals surface area contributed by atoms with Gasteiger partial charge >= 0.3 is 6.18 Å². The van der Waals surface area contributed by atoms with Gasteiger partial charge in [-0.2, -0.15) is 13.2 Å². The van der Waals surface area contributed by atoms with Crippen molar-refractivity contribution in [2.45, 2.75) is 11.1 Å². The fourth-order valence-electron chi connectivity index (χ4n) is 2.95. The lowest BCUT2D eigenvalue weighted by atomic mass is 10.0. The van der Waals surface area contributed by atoms with E-state index in [1.807, 2.05) is 4.72 Å². The van der Waals surface area contributed by atoms with Gasteiger partial charge in [0.05, 0.1) is 48.7 Å². The van der Waals surface area contributed by atoms with E-state index in [-0.39, 0.29) is 21.3 Å². The van der Waals surface area contributed by atoms with Gasteiger partial charge in [0, 0.05) is 6.20 Å². The van der Waals surface area contributed by atoms with E-state index in [0.29, 0.717) is 6.07 Å². The number of alkyl halides is 3. The summed E-state index contributed by atoms with van der Waals surface area (Å²) >= 11 is 17.6. The lowest BCUT2D eigenvalue weighted by Crippen LogP contribution is -2.19. The van der Waals surface area contributed by atoms with Crippen molar-refractivity contribution in [1.82, 2.24) is 4.98 Å². The molecule has 2 N–H and O–H groups in total. The van der Waals surface area contributed by atoms with Crippen molar-refractivity contribution in [2.24, 2.45) is 0 Å². The molecule has 36 heavy (non-hydrogen) atoms. The molecule has 0 atom stereocenters. The van der Waals surface area contributed by atoms with Crippen LogP contribution in [0.15, 0.2) is 53.6 Å². The molecular weight excluding hydrogens is 590 g/mol. The van der Waals surface area contributed by atoms with Crippen molar-refractivity contribution in [3.8, 4) is 0 Å². The van der Waals surface area contributed by atoms with Crippen molar-refractivity contribution in [3.05, 3.63) is 80.6 Å². The van der Waals surface area contributed by atoms with Crippen LogP contribution in [-0.4, -0.2) is 33.9 Å². The van der Waals surface area contributed by atoms with Gasteiger partial charge in [-0.1, -0.05) is 40.9 Å². The number of carbonyl (C=O) groups excluding carboxylic acids is 1. The first-order valence-corrected chi connectivity index (χ1v) is 13.9. The van der Waals surface area contributed by atoms with E-state index in [1.165, 1.54) is 18.2 Å². The van der Waals surface area contributed by atoms with Crippen molar-refractivity contribution in [3.63, 3.8) is 0 Å². The molecule has 2 aromatic carbocycles. The molecule has 0 saturated heterocycles. The summed E-state index contributed by atoms with van der Waals surface area (Å²) in [4.78, 5) is 16.4. The Hall–Kier alpha value is -2.58. The Morgan fingerprint density at radius 2 is 1.58 bits per heavy atom. The number of sulfonamides is 2. The predicted molar refractivity (Wildman–Crippen MR) is 130 cm³/mol. The minimum atomic E-state index is -4.94. The number of hydrogen-bond donors (Lipinski definition) is 2. The van der Waals surface area contributed by atoms with Crippen LogP contribution in [0.3, 0.4) is 0 Å². The first-order chi connectivity index (χ1) is 16.5. The van der Waals surface area contributed by atoms with E-state index < -0.39 is 58.9 Å². The molecule has 0 aliphatic heterocycles. The Morgan fingerprint density at radius 3 is 2.19 bits per heavy atom. The molecule has 3 rings (SSSR count). The summed E-state index contributed by atoms with van der Waals surface area (Å²) in [5.41, 5.74) is -3.02. The zero-order valence-corrected chi connectivity index (χ0v) is 21.6. The Kier molecular flexibility index (Phi) is 7.82. The summed E-state index contributed by atoms with van der Waals surface area (Å²) in [6, 6.07) is 6.81. The fourth-order valence-corrected chi connectivity index (χ4v) is 5.24. The van der Waals surface area contributed by atoms with E-state index in [9.17, 15) is 34.8 Å². The van der Waals surface area contributed by atoms with Gasteiger partial charge in [0.2, 0.25) is 15.8 Å². The molecule has 1 heterocycles. The molecule has 0 radical (unpaired) electrons. The monoisotopic (exact) mass is 601 g/mol. The van der Waals surface area contributed by atoms with Crippen molar-refractivity contribution in [2.75, 3.05) is 15.7 Å². The van der Waals surface area contributed by atoms with Crippen LogP contribution in [0.1, 0.15) is 21.6 Å². The Bertz CT molecular complexity index is 1580. The van der Waals surface area contributed by atoms with Gasteiger partial charge in [-0.25, -0.2) is 21.8 Å². The third kappa shape index (κ3) is 6.40. The molecule has 8 nitrogen and oxygen atoms in total. The summed E-state index contributed by atoms with van der Waals surface area (Å²) in [5.74, 6) is -1.01. The third-order valence-corrected chi connectivity index (χ3v) is 7.21. The lowest BCUT2D eigenvalue weighted by molar-refractivity contribution is -0.137. The third-order valence-electron chi connectivity index (χ3n) is 4.40. The topological polar surface area (TPSA) is 122 Å². The van der Waals surface area contributed by atoms with Crippen LogP contribution in [0, 0.1) is 0 Å². The normalized spacial score (nSPS) is 12.3. The van der Waals surface area contributed by atoms with Gasteiger partial charge < -0.3 is 0 Å². The second kappa shape index (κ2) is 10.1. The van der Waals surface area contributed by atoms with Crippen molar-refractivity contribution < 1.29 is 34.8 Å². The van der Waals surface area contributed by atoms with Crippen LogP contribution >= 0.6 is 34.8 Å². The smallest absolute Gasteiger partial charge is 0.287 e. The number of rotatable bonds is 7. The Balaban J connectivity index is 2.12. The minimum Gasteiger partial charge on any atom is -0.287 e. The molecule has 0 aliphatic carbocycles. The maximum Gasteiger partial charge on any atom is 0.417 e. The minimum absolute atomic E-state index is 0.120. The molecule has 0 amide bonds. The first kappa shape index (κ1) is 28.0. The van der Waals surface area contributed by atoms with Gasteiger partial charge in [0.1, 0.15) is 5.69 Å². The highest BCUT2D eigenvalue weighted by Gasteiger charge is 2.35. The molecule has 0 fully saturated rings. The van der Waals surface area contributed by atoms with Crippen LogP contribution < -0.4 is 9.44 Å². The van der Waals surface area contributed by atoms with E-state index in [1.54, 1.807) is 0 Å². The van der Waals surface area contributed by atoms with Crippen LogP contribution in [0.4, 0.5) is 24.5 Å². The number of nitrogens with one attached hydrogen (secondary N) is 2. The standard InChI is InChI=1S/C20H13Cl3F3N3O5S2/c1-35(31,32)28-15-4-2-3-14(23)17(15)19(30)18-16(7-10(21)9-27-18)29-36(33,34)11-5-6-13(22)12(8-11)20(24,25)26/h2-9,28-29H,1H3. The number of nitrogens with zero attached hydrogens (tertiary/aromatic N) is 1. The fraction of sp³-hybridized carbons (Fsp3) is 0.100. The maximum atomic E-state index is 13.3. The number of ketones is 1. The summed E-state index contributed by atoms with van der Waals surface area (Å²) in [6.45, 7) is 0. The van der Waals surface area contributed by atoms with E-state index in [0.717, 1.165) is 30.7 Å². The van der Waals surface area contributed by atoms with Gasteiger partial charge in [-0.3, -0.25) is 14.2 Å². The Labute approximate surface area is 218 Å². The zero-order valence-electron chi connectivity index (χ0n) is 17.7. The molecule has 1 aromatic heterocycles. The average Bonchev–Trinajstić information content (AvgIpc) is 2.71. The van der Waals surface area contributed by atoms with Crippen LogP contribution in [-0.2, 0) is 26.2 Å². The molecular formula is C20H13Cl3F3N3O5S2. The second-order valence-electron chi connectivity index (χ2n) is 7.16. The molecule has 192 valence electrons. The molecule has 0 spiro atoms. The summed E-state index contributed by atoms with van der Waals surface area (Å²) < 4.78 is 93.0. The maximum absolute atomic E-state index is 13.3. The van der Waals surface area contributed by atoms with E-state index >= 15 is 0 Å². The number of hydrogen-bond acceptors (Lipinski definition) is 6. The van der Waals surface area contributed by atoms with E-state index in [4.69, 9.17) is 34.8 Å². The first-order valence-electron chi connectivity index (χ1n) is 9.36. The molecule has 0 bridgehead atoms. The zero-order chi connectivity index (χ0) is 27.1. The number of halogens is 6. The summed E-state index contributed by atoms with van der Waals surface area (Å²) in [5, 5.41) is -1.02. The molecule has 3 aromatic rings. The molecule has 0 saturated carbocycles. The largest absolute Gasteiger partial charge is 0.417 e. The number of pyridine rings is 1. The molecule has 16 heteroatoms. The van der Waals surface area contributed by atoms with Crippen LogP contribution in [0.5, 0.6) is 0 Å². The molecule has 0 unspecified atom stereocenters.